The molecule has 0 amide bonds. The maximum absolute atomic E-state index is 10.2. The van der Waals surface area contributed by atoms with Crippen LogP contribution in [0.25, 0.3) is 0 Å². The number of aliphatic hydroxyl groups excluding tert-OH is 6. The molecule has 3 atom stereocenters. The van der Waals surface area contributed by atoms with E-state index in [4.69, 9.17) is 29.5 Å². The zero-order valence-electron chi connectivity index (χ0n) is 20.5. The summed E-state index contributed by atoms with van der Waals surface area (Å²) in [5.41, 5.74) is 0. The minimum absolute atomic E-state index is 0.0000210. The summed E-state index contributed by atoms with van der Waals surface area (Å²) in [4.78, 5) is 5.37. The Labute approximate surface area is 197 Å². The summed E-state index contributed by atoms with van der Waals surface area (Å²) in [6.07, 6.45) is -2.75. The highest BCUT2D eigenvalue weighted by atomic mass is 16.6. The highest BCUT2D eigenvalue weighted by Crippen LogP contribution is 2.02. The second-order valence-electron chi connectivity index (χ2n) is 8.45. The highest BCUT2D eigenvalue weighted by Gasteiger charge is 2.17. The molecular formula is C21H47N3O9. The van der Waals surface area contributed by atoms with Crippen LogP contribution in [0, 0.1) is 0 Å². The molecule has 0 fully saturated rings. The predicted octanol–water partition coefficient (Wildman–Crippen LogP) is -3.74. The van der Waals surface area contributed by atoms with Crippen LogP contribution < -0.4 is 0 Å². The van der Waals surface area contributed by atoms with Gasteiger partial charge in [0.1, 0.15) is 6.10 Å². The molecule has 0 aliphatic heterocycles. The molecule has 0 aromatic rings. The van der Waals surface area contributed by atoms with Crippen molar-refractivity contribution in [3.05, 3.63) is 0 Å². The number of nitrogens with zero attached hydrogens (tertiary/aromatic N) is 3. The lowest BCUT2D eigenvalue weighted by Gasteiger charge is -2.25. The van der Waals surface area contributed by atoms with Crippen molar-refractivity contribution in [1.29, 1.82) is 0 Å². The predicted molar refractivity (Wildman–Crippen MR) is 123 cm³/mol. The van der Waals surface area contributed by atoms with Gasteiger partial charge in [-0.3, -0.25) is 0 Å². The summed E-state index contributed by atoms with van der Waals surface area (Å²) in [7, 11) is 5.36. The van der Waals surface area contributed by atoms with Crippen molar-refractivity contribution in [3.63, 3.8) is 0 Å². The van der Waals surface area contributed by atoms with Crippen LogP contribution in [0.2, 0.25) is 0 Å². The summed E-state index contributed by atoms with van der Waals surface area (Å²) in [5, 5.41) is 57.1. The fourth-order valence-electron chi connectivity index (χ4n) is 3.09. The van der Waals surface area contributed by atoms with Crippen LogP contribution in [-0.2, 0) is 14.2 Å². The molecule has 0 aromatic heterocycles. The molecule has 3 unspecified atom stereocenters. The Kier molecular flexibility index (Phi) is 20.6. The van der Waals surface area contributed by atoms with Gasteiger partial charge in [-0.25, -0.2) is 0 Å². The Bertz CT molecular complexity index is 414. The molecule has 0 radical (unpaired) electrons. The van der Waals surface area contributed by atoms with Crippen molar-refractivity contribution in [3.8, 4) is 0 Å². The van der Waals surface area contributed by atoms with E-state index in [1.165, 1.54) is 0 Å². The van der Waals surface area contributed by atoms with Gasteiger partial charge < -0.3 is 59.5 Å². The minimum atomic E-state index is -0.764. The maximum atomic E-state index is 10.2. The van der Waals surface area contributed by atoms with Crippen LogP contribution in [0.15, 0.2) is 0 Å². The van der Waals surface area contributed by atoms with E-state index in [1.807, 2.05) is 0 Å². The number of hydrogen-bond acceptors (Lipinski definition) is 12. The summed E-state index contributed by atoms with van der Waals surface area (Å²) < 4.78 is 16.9. The quantitative estimate of drug-likeness (QED) is 0.0841. The normalized spacial score (nSPS) is 16.0. The van der Waals surface area contributed by atoms with Gasteiger partial charge in [0.05, 0.1) is 71.2 Å². The first-order valence-electron chi connectivity index (χ1n) is 11.4. The summed E-state index contributed by atoms with van der Waals surface area (Å²) in [6.45, 7) is 2.85. The first kappa shape index (κ1) is 32.5. The molecule has 200 valence electrons. The fourth-order valence-corrected chi connectivity index (χ4v) is 3.09. The maximum Gasteiger partial charge on any atom is 0.104 e. The molecule has 0 heterocycles. The van der Waals surface area contributed by atoms with Gasteiger partial charge in [0.15, 0.2) is 0 Å². The molecule has 0 aliphatic carbocycles. The third kappa shape index (κ3) is 19.5. The van der Waals surface area contributed by atoms with Crippen molar-refractivity contribution in [2.75, 3.05) is 113 Å². The monoisotopic (exact) mass is 485 g/mol. The van der Waals surface area contributed by atoms with E-state index in [0.29, 0.717) is 39.3 Å². The van der Waals surface area contributed by atoms with Gasteiger partial charge in [0, 0.05) is 39.3 Å². The molecule has 0 saturated carbocycles. The standard InChI is InChI=1S/C21H47N3O9/c1-22(4-7-25)10-18(28)13-31-16-21(33-15-20(30)12-24(3)6-9-27)17-32-14-19(29)11-23(2)5-8-26/h18-21,25-30H,4-17H2,1-3H3. The molecule has 0 spiro atoms. The zero-order valence-corrected chi connectivity index (χ0v) is 20.5. The third-order valence-electron chi connectivity index (χ3n) is 4.76. The zero-order chi connectivity index (χ0) is 25.1. The molecule has 33 heavy (non-hydrogen) atoms. The van der Waals surface area contributed by atoms with Gasteiger partial charge in [0.25, 0.3) is 0 Å². The van der Waals surface area contributed by atoms with Crippen LogP contribution in [-0.4, -0.2) is 183 Å². The average molecular weight is 486 g/mol. The van der Waals surface area contributed by atoms with Crippen LogP contribution in [0.5, 0.6) is 0 Å². The van der Waals surface area contributed by atoms with Gasteiger partial charge in [-0.05, 0) is 21.1 Å². The van der Waals surface area contributed by atoms with Crippen LogP contribution >= 0.6 is 0 Å². The fraction of sp³-hybridized carbons (Fsp3) is 1.00. The van der Waals surface area contributed by atoms with E-state index in [-0.39, 0.29) is 52.9 Å². The second kappa shape index (κ2) is 20.9. The Hall–Kier alpha value is -0.480. The molecule has 0 rings (SSSR count). The Morgan fingerprint density at radius 2 is 0.879 bits per heavy atom. The lowest BCUT2D eigenvalue weighted by molar-refractivity contribution is -0.101. The second-order valence-corrected chi connectivity index (χ2v) is 8.45. The lowest BCUT2D eigenvalue weighted by atomic mass is 10.3. The third-order valence-corrected chi connectivity index (χ3v) is 4.76. The Morgan fingerprint density at radius 3 is 1.21 bits per heavy atom. The van der Waals surface area contributed by atoms with Crippen LogP contribution in [0.1, 0.15) is 0 Å². The smallest absolute Gasteiger partial charge is 0.104 e. The van der Waals surface area contributed by atoms with E-state index in [2.05, 4.69) is 0 Å². The van der Waals surface area contributed by atoms with Gasteiger partial charge in [0.2, 0.25) is 0 Å². The van der Waals surface area contributed by atoms with E-state index in [9.17, 15) is 15.3 Å². The first-order valence-corrected chi connectivity index (χ1v) is 11.4. The van der Waals surface area contributed by atoms with Crippen molar-refractivity contribution < 1.29 is 44.8 Å². The molecule has 0 bridgehead atoms. The molecule has 0 aromatic carbocycles. The van der Waals surface area contributed by atoms with Crippen LogP contribution in [0.4, 0.5) is 0 Å². The van der Waals surface area contributed by atoms with E-state index >= 15 is 0 Å². The minimum Gasteiger partial charge on any atom is -0.395 e. The van der Waals surface area contributed by atoms with Gasteiger partial charge in [-0.15, -0.1) is 0 Å². The van der Waals surface area contributed by atoms with E-state index in [1.54, 1.807) is 35.8 Å². The topological polar surface area (TPSA) is 159 Å². The summed E-state index contributed by atoms with van der Waals surface area (Å²) in [6, 6.07) is 0. The van der Waals surface area contributed by atoms with E-state index < -0.39 is 24.4 Å². The molecule has 6 N–H and O–H groups in total. The molecule has 12 heteroatoms. The largest absolute Gasteiger partial charge is 0.395 e. The molecule has 0 saturated heterocycles. The van der Waals surface area contributed by atoms with Crippen molar-refractivity contribution >= 4 is 0 Å². The number of hydrogen-bond donors (Lipinski definition) is 6. The van der Waals surface area contributed by atoms with E-state index in [0.717, 1.165) is 0 Å². The molecule has 0 aliphatic rings. The average Bonchev–Trinajstić information content (AvgIpc) is 2.71. The summed E-state index contributed by atoms with van der Waals surface area (Å²) >= 11 is 0. The Morgan fingerprint density at radius 1 is 0.545 bits per heavy atom. The number of aliphatic hydroxyl groups is 6. The SMILES string of the molecule is CN(CCO)CC(O)COCC(COCC(O)CN(C)CCO)OCC(O)CN(C)CCO. The molecular weight excluding hydrogens is 438 g/mol. The summed E-state index contributed by atoms with van der Waals surface area (Å²) in [5.74, 6) is 0. The van der Waals surface area contributed by atoms with Crippen LogP contribution in [0.3, 0.4) is 0 Å². The van der Waals surface area contributed by atoms with Crippen molar-refractivity contribution in [1.82, 2.24) is 14.7 Å². The number of ether oxygens (including phenoxy) is 3. The lowest BCUT2D eigenvalue weighted by Crippen LogP contribution is -2.38. The van der Waals surface area contributed by atoms with Crippen molar-refractivity contribution in [2.24, 2.45) is 0 Å². The molecule has 12 nitrogen and oxygen atoms in total. The highest BCUT2D eigenvalue weighted by molar-refractivity contribution is 4.66. The number of likely N-dealkylation sites (N-methyl/N-ethyl adjacent to an activating group) is 3. The Balaban J connectivity index is 4.50. The van der Waals surface area contributed by atoms with Crippen molar-refractivity contribution in [2.45, 2.75) is 24.4 Å². The van der Waals surface area contributed by atoms with Gasteiger partial charge in [-0.1, -0.05) is 0 Å². The van der Waals surface area contributed by atoms with Gasteiger partial charge >= 0.3 is 0 Å². The first-order chi connectivity index (χ1) is 15.7. The van der Waals surface area contributed by atoms with Gasteiger partial charge in [-0.2, -0.15) is 0 Å². The number of rotatable bonds is 23.